The summed E-state index contributed by atoms with van der Waals surface area (Å²) in [5.74, 6) is -0.214. The van der Waals surface area contributed by atoms with Crippen LogP contribution in [0.3, 0.4) is 0 Å². The third-order valence-electron chi connectivity index (χ3n) is 4.81. The van der Waals surface area contributed by atoms with Gasteiger partial charge in [-0.3, -0.25) is 4.79 Å². The molecule has 0 saturated heterocycles. The Hall–Kier alpha value is -2.97. The van der Waals surface area contributed by atoms with E-state index in [0.29, 0.717) is 31.0 Å². The third kappa shape index (κ3) is 7.77. The van der Waals surface area contributed by atoms with Gasteiger partial charge in [-0.05, 0) is 30.4 Å². The number of nitrogens with zero attached hydrogens (tertiary/aromatic N) is 1. The van der Waals surface area contributed by atoms with Crippen LogP contribution in [0, 0.1) is 0 Å². The van der Waals surface area contributed by atoms with Crippen molar-refractivity contribution in [3.05, 3.63) is 46.9 Å². The SMILES string of the molecule is CNC1=C(C(=O)NCCCO)N(CC2NC=C(C)S2)C(OCOc2cccc(OC(F)(F)F)c2)N1. The first-order valence-corrected chi connectivity index (χ1v) is 11.6. The second-order valence-electron chi connectivity index (χ2n) is 7.44. The highest BCUT2D eigenvalue weighted by atomic mass is 32.2. The first kappa shape index (κ1) is 26.6. The molecule has 0 aromatic heterocycles. The summed E-state index contributed by atoms with van der Waals surface area (Å²) in [6.07, 6.45) is -3.31. The molecule has 1 aromatic rings. The predicted octanol–water partition coefficient (Wildman–Crippen LogP) is 1.54. The van der Waals surface area contributed by atoms with Gasteiger partial charge >= 0.3 is 6.36 Å². The molecule has 5 N–H and O–H groups in total. The first-order valence-electron chi connectivity index (χ1n) is 10.7. The van der Waals surface area contributed by atoms with Gasteiger partial charge in [-0.1, -0.05) is 6.07 Å². The topological polar surface area (TPSA) is 116 Å². The summed E-state index contributed by atoms with van der Waals surface area (Å²) in [4.78, 5) is 15.7. The Morgan fingerprint density at radius 2 is 2.09 bits per heavy atom. The normalized spacial score (nSPS) is 19.7. The van der Waals surface area contributed by atoms with Crippen molar-refractivity contribution in [2.24, 2.45) is 0 Å². The molecular formula is C21H28F3N5O5S. The van der Waals surface area contributed by atoms with Crippen LogP contribution in [0.25, 0.3) is 0 Å². The van der Waals surface area contributed by atoms with Gasteiger partial charge < -0.3 is 45.5 Å². The van der Waals surface area contributed by atoms with Crippen molar-refractivity contribution >= 4 is 17.7 Å². The summed E-state index contributed by atoms with van der Waals surface area (Å²) >= 11 is 1.61. The number of halogens is 3. The van der Waals surface area contributed by atoms with Crippen LogP contribution in [0.1, 0.15) is 13.3 Å². The molecule has 1 aromatic carbocycles. The number of aliphatic hydroxyl groups excluding tert-OH is 1. The smallest absolute Gasteiger partial charge is 0.467 e. The van der Waals surface area contributed by atoms with Gasteiger partial charge in [0.1, 0.15) is 23.0 Å². The number of thioether (sulfide) groups is 1. The number of benzene rings is 1. The molecule has 0 saturated carbocycles. The number of amides is 1. The number of alkyl halides is 3. The van der Waals surface area contributed by atoms with Crippen LogP contribution in [0.2, 0.25) is 0 Å². The standard InChI is InChI=1S/C21H28F3N5O5S/c1-13-10-27-16(35-13)11-29-17(19(31)26-7-4-8-30)18(25-2)28-20(29)33-12-32-14-5-3-6-15(9-14)34-21(22,23)24/h3,5-6,9-10,16,20,25,27-28,30H,4,7-8,11-12H2,1-2H3,(H,26,31). The lowest BCUT2D eigenvalue weighted by Gasteiger charge is -2.30. The number of rotatable bonds is 12. The molecule has 0 aliphatic carbocycles. The molecule has 14 heteroatoms. The van der Waals surface area contributed by atoms with Crippen LogP contribution >= 0.6 is 11.8 Å². The summed E-state index contributed by atoms with van der Waals surface area (Å²) in [7, 11) is 1.65. The first-order chi connectivity index (χ1) is 16.7. The highest BCUT2D eigenvalue weighted by molar-refractivity contribution is 8.03. The van der Waals surface area contributed by atoms with Crippen molar-refractivity contribution in [2.75, 3.05) is 33.5 Å². The molecule has 1 amide bonds. The van der Waals surface area contributed by atoms with E-state index in [1.807, 2.05) is 13.1 Å². The fourth-order valence-electron chi connectivity index (χ4n) is 3.35. The number of carbonyl (C=O) groups is 1. The van der Waals surface area contributed by atoms with Crippen molar-refractivity contribution < 1.29 is 37.3 Å². The number of hydrogen-bond acceptors (Lipinski definition) is 10. The van der Waals surface area contributed by atoms with E-state index in [2.05, 4.69) is 26.0 Å². The molecule has 0 bridgehead atoms. The van der Waals surface area contributed by atoms with Crippen LogP contribution < -0.4 is 30.7 Å². The molecule has 194 valence electrons. The molecule has 2 heterocycles. The van der Waals surface area contributed by atoms with E-state index < -0.39 is 18.5 Å². The second-order valence-corrected chi connectivity index (χ2v) is 8.88. The van der Waals surface area contributed by atoms with Gasteiger partial charge in [-0.25, -0.2) is 0 Å². The highest BCUT2D eigenvalue weighted by Crippen LogP contribution is 2.29. The van der Waals surface area contributed by atoms with E-state index in [1.165, 1.54) is 12.1 Å². The second kappa shape index (κ2) is 12.1. The quantitative estimate of drug-likeness (QED) is 0.206. The number of carbonyl (C=O) groups excluding carboxylic acids is 1. The van der Waals surface area contributed by atoms with E-state index in [-0.39, 0.29) is 30.4 Å². The Bertz CT molecular complexity index is 946. The molecule has 0 radical (unpaired) electrons. The number of hydrogen-bond donors (Lipinski definition) is 5. The minimum atomic E-state index is -4.81. The fraction of sp³-hybridized carbons (Fsp3) is 0.476. The summed E-state index contributed by atoms with van der Waals surface area (Å²) in [6, 6.07) is 5.09. The lowest BCUT2D eigenvalue weighted by Crippen LogP contribution is -2.47. The van der Waals surface area contributed by atoms with Crippen LogP contribution in [0.4, 0.5) is 13.2 Å². The maximum absolute atomic E-state index is 12.9. The largest absolute Gasteiger partial charge is 0.573 e. The maximum Gasteiger partial charge on any atom is 0.573 e. The average molecular weight is 520 g/mol. The van der Waals surface area contributed by atoms with Crippen molar-refractivity contribution in [1.82, 2.24) is 26.2 Å². The molecule has 2 unspecified atom stereocenters. The molecule has 10 nitrogen and oxygen atoms in total. The zero-order valence-electron chi connectivity index (χ0n) is 19.1. The molecule has 0 fully saturated rings. The summed E-state index contributed by atoms with van der Waals surface area (Å²) in [5.41, 5.74) is 0.322. The molecule has 2 atom stereocenters. The van der Waals surface area contributed by atoms with Gasteiger partial charge in [0.2, 0.25) is 6.35 Å². The van der Waals surface area contributed by atoms with E-state index in [4.69, 9.17) is 14.6 Å². The van der Waals surface area contributed by atoms with Gasteiger partial charge in [0, 0.05) is 32.5 Å². The van der Waals surface area contributed by atoms with Crippen molar-refractivity contribution in [2.45, 2.75) is 31.4 Å². The Labute approximate surface area is 204 Å². The molecule has 2 aliphatic rings. The predicted molar refractivity (Wildman–Crippen MR) is 122 cm³/mol. The molecule has 0 spiro atoms. The molecule has 35 heavy (non-hydrogen) atoms. The average Bonchev–Trinajstić information content (AvgIpc) is 3.36. The Balaban J connectivity index is 1.67. The highest BCUT2D eigenvalue weighted by Gasteiger charge is 2.38. The maximum atomic E-state index is 12.9. The van der Waals surface area contributed by atoms with Gasteiger partial charge in [-0.15, -0.1) is 24.9 Å². The van der Waals surface area contributed by atoms with Gasteiger partial charge in [0.05, 0.1) is 11.9 Å². The zero-order chi connectivity index (χ0) is 25.4. The van der Waals surface area contributed by atoms with E-state index in [9.17, 15) is 18.0 Å². The van der Waals surface area contributed by atoms with Crippen LogP contribution in [-0.2, 0) is 9.53 Å². The van der Waals surface area contributed by atoms with Gasteiger partial charge in [-0.2, -0.15) is 0 Å². The number of aliphatic hydroxyl groups is 1. The van der Waals surface area contributed by atoms with E-state index in [1.54, 1.807) is 23.7 Å². The molecular weight excluding hydrogens is 491 g/mol. The monoisotopic (exact) mass is 519 g/mol. The van der Waals surface area contributed by atoms with Gasteiger partial charge in [0.25, 0.3) is 5.91 Å². The summed E-state index contributed by atoms with van der Waals surface area (Å²) in [5, 5.41) is 21.0. The van der Waals surface area contributed by atoms with E-state index in [0.717, 1.165) is 17.0 Å². The molecule has 2 aliphatic heterocycles. The van der Waals surface area contributed by atoms with Crippen LogP contribution in [-0.4, -0.2) is 67.5 Å². The summed E-state index contributed by atoms with van der Waals surface area (Å²) in [6.45, 7) is 2.29. The molecule has 3 rings (SSSR count). The third-order valence-corrected chi connectivity index (χ3v) is 5.87. The Morgan fingerprint density at radius 3 is 2.74 bits per heavy atom. The zero-order valence-corrected chi connectivity index (χ0v) is 20.0. The van der Waals surface area contributed by atoms with Crippen LogP contribution in [0.5, 0.6) is 11.5 Å². The lowest BCUT2D eigenvalue weighted by molar-refractivity contribution is -0.274. The number of ether oxygens (including phenoxy) is 3. The fourth-order valence-corrected chi connectivity index (χ4v) is 4.30. The Morgan fingerprint density at radius 1 is 1.31 bits per heavy atom. The van der Waals surface area contributed by atoms with Crippen molar-refractivity contribution in [3.63, 3.8) is 0 Å². The minimum absolute atomic E-state index is 0.0449. The van der Waals surface area contributed by atoms with Crippen LogP contribution in [0.15, 0.2) is 46.9 Å². The lowest BCUT2D eigenvalue weighted by atomic mass is 10.3. The van der Waals surface area contributed by atoms with Gasteiger partial charge in [0.15, 0.2) is 6.79 Å². The van der Waals surface area contributed by atoms with Crippen molar-refractivity contribution in [3.8, 4) is 11.5 Å². The van der Waals surface area contributed by atoms with Crippen molar-refractivity contribution in [1.29, 1.82) is 0 Å². The Kier molecular flexibility index (Phi) is 9.23. The van der Waals surface area contributed by atoms with E-state index >= 15 is 0 Å². The minimum Gasteiger partial charge on any atom is -0.467 e. The number of allylic oxidation sites excluding steroid dienone is 1. The number of nitrogens with one attached hydrogen (secondary N) is 4. The summed E-state index contributed by atoms with van der Waals surface area (Å²) < 4.78 is 52.6.